The van der Waals surface area contributed by atoms with Gasteiger partial charge >= 0.3 is 0 Å². The molecule has 2 heteroatoms. The van der Waals surface area contributed by atoms with Crippen LogP contribution in [0.15, 0.2) is 53.4 Å². The minimum atomic E-state index is 0.422. The summed E-state index contributed by atoms with van der Waals surface area (Å²) in [4.78, 5) is 1.31. The first-order valence-corrected chi connectivity index (χ1v) is 9.13. The summed E-state index contributed by atoms with van der Waals surface area (Å²) in [5.41, 5.74) is 3.97. The molecule has 0 N–H and O–H groups in total. The van der Waals surface area contributed by atoms with Crippen molar-refractivity contribution in [3.63, 3.8) is 0 Å². The molecule has 2 rings (SSSR count). The van der Waals surface area contributed by atoms with Crippen LogP contribution >= 0.6 is 11.8 Å². The van der Waals surface area contributed by atoms with Crippen molar-refractivity contribution in [2.75, 3.05) is 12.9 Å². The van der Waals surface area contributed by atoms with Gasteiger partial charge in [-0.25, -0.2) is 0 Å². The molecule has 0 fully saturated rings. The average Bonchev–Trinajstić information content (AvgIpc) is 2.55. The van der Waals surface area contributed by atoms with E-state index in [1.165, 1.54) is 21.6 Å². The fourth-order valence-corrected chi connectivity index (χ4v) is 2.79. The quantitative estimate of drug-likeness (QED) is 0.593. The molecule has 1 unspecified atom stereocenters. The molecule has 2 aromatic carbocycles. The van der Waals surface area contributed by atoms with Crippen LogP contribution in [0, 0.1) is 0 Å². The molecule has 0 aromatic heterocycles. The third-order valence-electron chi connectivity index (χ3n) is 3.97. The lowest BCUT2D eigenvalue weighted by molar-refractivity contribution is 0.110. The van der Waals surface area contributed by atoms with Crippen LogP contribution < -0.4 is 0 Å². The molecule has 0 bridgehead atoms. The largest absolute Gasteiger partial charge is 0.376 e. The molecule has 0 saturated heterocycles. The summed E-state index contributed by atoms with van der Waals surface area (Å²) in [6.45, 7) is 8.09. The first kappa shape index (κ1) is 17.1. The molecule has 0 radical (unpaired) electrons. The fraction of sp³-hybridized carbons (Fsp3) is 0.400. The van der Waals surface area contributed by atoms with Crippen LogP contribution in [0.5, 0.6) is 0 Å². The zero-order valence-corrected chi connectivity index (χ0v) is 14.8. The number of thioether (sulfide) groups is 1. The van der Waals surface area contributed by atoms with E-state index in [2.05, 4.69) is 75.6 Å². The van der Waals surface area contributed by atoms with E-state index in [0.29, 0.717) is 18.4 Å². The lowest BCUT2D eigenvalue weighted by Crippen LogP contribution is -2.04. The molecule has 0 aliphatic heterocycles. The van der Waals surface area contributed by atoms with Crippen LogP contribution in [0.3, 0.4) is 0 Å². The maximum Gasteiger partial charge on any atom is 0.0717 e. The summed E-state index contributed by atoms with van der Waals surface area (Å²) >= 11 is 1.78. The second-order valence-electron chi connectivity index (χ2n) is 6.09. The van der Waals surface area contributed by atoms with Gasteiger partial charge in [0.2, 0.25) is 0 Å². The van der Waals surface area contributed by atoms with Crippen LogP contribution in [0.25, 0.3) is 0 Å². The average molecular weight is 314 g/mol. The molecule has 22 heavy (non-hydrogen) atoms. The van der Waals surface area contributed by atoms with Gasteiger partial charge in [-0.1, -0.05) is 57.2 Å². The predicted octanol–water partition coefficient (Wildman–Crippen LogP) is 5.85. The molecule has 0 aliphatic rings. The zero-order valence-electron chi connectivity index (χ0n) is 14.0. The third-order valence-corrected chi connectivity index (χ3v) is 4.71. The Morgan fingerprint density at radius 1 is 0.864 bits per heavy atom. The smallest absolute Gasteiger partial charge is 0.0717 e. The Labute approximate surface area is 139 Å². The van der Waals surface area contributed by atoms with E-state index in [1.807, 2.05) is 0 Å². The zero-order chi connectivity index (χ0) is 15.9. The van der Waals surface area contributed by atoms with Gasteiger partial charge in [0.05, 0.1) is 13.2 Å². The van der Waals surface area contributed by atoms with E-state index >= 15 is 0 Å². The van der Waals surface area contributed by atoms with Gasteiger partial charge in [-0.15, -0.1) is 11.8 Å². The molecule has 1 atom stereocenters. The summed E-state index contributed by atoms with van der Waals surface area (Å²) in [6, 6.07) is 17.5. The molecule has 0 saturated carbocycles. The van der Waals surface area contributed by atoms with Crippen molar-refractivity contribution in [1.82, 2.24) is 0 Å². The number of ether oxygens (including phenoxy) is 1. The van der Waals surface area contributed by atoms with Gasteiger partial charge in [-0.05, 0) is 41.0 Å². The lowest BCUT2D eigenvalue weighted by atomic mass is 10.0. The van der Waals surface area contributed by atoms with Gasteiger partial charge in [-0.2, -0.15) is 0 Å². The summed E-state index contributed by atoms with van der Waals surface area (Å²) in [6.07, 6.45) is 2.10. The molecule has 0 amide bonds. The Morgan fingerprint density at radius 3 is 2.00 bits per heavy atom. The first-order chi connectivity index (χ1) is 10.6. The van der Waals surface area contributed by atoms with Gasteiger partial charge in [0.15, 0.2) is 0 Å². The van der Waals surface area contributed by atoms with Crippen molar-refractivity contribution in [2.45, 2.75) is 44.1 Å². The molecule has 1 nitrogen and oxygen atoms in total. The molecule has 118 valence electrons. The van der Waals surface area contributed by atoms with Crippen LogP contribution in [0.2, 0.25) is 0 Å². The monoisotopic (exact) mass is 314 g/mol. The van der Waals surface area contributed by atoms with E-state index in [1.54, 1.807) is 11.8 Å². The van der Waals surface area contributed by atoms with Gasteiger partial charge in [-0.3, -0.25) is 0 Å². The Morgan fingerprint density at radius 2 is 1.45 bits per heavy atom. The third kappa shape index (κ3) is 4.89. The lowest BCUT2D eigenvalue weighted by Gasteiger charge is -2.13. The Hall–Kier alpha value is -1.25. The molecular weight excluding hydrogens is 288 g/mol. The SMILES string of the molecule is CSc1ccc(C(C)COCc2ccc(C(C)C)cc2)cc1. The second kappa shape index (κ2) is 8.40. The van der Waals surface area contributed by atoms with Gasteiger partial charge in [0, 0.05) is 10.8 Å². The summed E-state index contributed by atoms with van der Waals surface area (Å²) in [7, 11) is 0. The normalized spacial score (nSPS) is 12.6. The predicted molar refractivity (Wildman–Crippen MR) is 96.8 cm³/mol. The molecule has 0 spiro atoms. The number of hydrogen-bond donors (Lipinski definition) is 0. The topological polar surface area (TPSA) is 9.23 Å². The highest BCUT2D eigenvalue weighted by molar-refractivity contribution is 7.98. The molecule has 2 aromatic rings. The van der Waals surface area contributed by atoms with Crippen LogP contribution in [-0.2, 0) is 11.3 Å². The molecular formula is C20H26OS. The Balaban J connectivity index is 1.82. The van der Waals surface area contributed by atoms with Gasteiger partial charge in [0.1, 0.15) is 0 Å². The van der Waals surface area contributed by atoms with Gasteiger partial charge in [0.25, 0.3) is 0 Å². The molecule has 0 aliphatic carbocycles. The fourth-order valence-electron chi connectivity index (χ4n) is 2.38. The van der Waals surface area contributed by atoms with Crippen molar-refractivity contribution < 1.29 is 4.74 Å². The van der Waals surface area contributed by atoms with Crippen molar-refractivity contribution in [2.24, 2.45) is 0 Å². The highest BCUT2D eigenvalue weighted by Gasteiger charge is 2.06. The number of benzene rings is 2. The van der Waals surface area contributed by atoms with Crippen LogP contribution in [-0.4, -0.2) is 12.9 Å². The van der Waals surface area contributed by atoms with E-state index in [4.69, 9.17) is 4.74 Å². The van der Waals surface area contributed by atoms with E-state index in [0.717, 1.165) is 6.61 Å². The van der Waals surface area contributed by atoms with E-state index in [9.17, 15) is 0 Å². The minimum Gasteiger partial charge on any atom is -0.376 e. The van der Waals surface area contributed by atoms with Gasteiger partial charge < -0.3 is 4.74 Å². The van der Waals surface area contributed by atoms with Crippen molar-refractivity contribution in [1.29, 1.82) is 0 Å². The number of hydrogen-bond acceptors (Lipinski definition) is 2. The molecule has 0 heterocycles. The van der Waals surface area contributed by atoms with E-state index in [-0.39, 0.29) is 0 Å². The number of rotatable bonds is 7. The maximum atomic E-state index is 5.89. The Bertz CT molecular complexity index is 557. The maximum absolute atomic E-state index is 5.89. The highest BCUT2D eigenvalue weighted by Crippen LogP contribution is 2.21. The van der Waals surface area contributed by atoms with E-state index < -0.39 is 0 Å². The minimum absolute atomic E-state index is 0.422. The standard InChI is InChI=1S/C20H26OS/c1-15(2)18-7-5-17(6-8-18)14-21-13-16(3)19-9-11-20(22-4)12-10-19/h5-12,15-16H,13-14H2,1-4H3. The van der Waals surface area contributed by atoms with Crippen molar-refractivity contribution in [3.05, 3.63) is 65.2 Å². The Kier molecular flexibility index (Phi) is 6.53. The van der Waals surface area contributed by atoms with Crippen molar-refractivity contribution in [3.8, 4) is 0 Å². The summed E-state index contributed by atoms with van der Waals surface area (Å²) < 4.78 is 5.89. The summed E-state index contributed by atoms with van der Waals surface area (Å²) in [5.74, 6) is 1.00. The second-order valence-corrected chi connectivity index (χ2v) is 6.97. The van der Waals surface area contributed by atoms with Crippen molar-refractivity contribution >= 4 is 11.8 Å². The highest BCUT2D eigenvalue weighted by atomic mass is 32.2. The summed E-state index contributed by atoms with van der Waals surface area (Å²) in [5, 5.41) is 0. The van der Waals surface area contributed by atoms with Crippen LogP contribution in [0.4, 0.5) is 0 Å². The first-order valence-electron chi connectivity index (χ1n) is 7.90. The van der Waals surface area contributed by atoms with Crippen LogP contribution in [0.1, 0.15) is 49.3 Å².